The largest absolute Gasteiger partial charge is 0.573 e. The fourth-order valence-electron chi connectivity index (χ4n) is 3.09. The number of hydrogen-bond donors (Lipinski definition) is 0. The second kappa shape index (κ2) is 7.00. The molecular formula is C15H20F4O2Si. The Morgan fingerprint density at radius 1 is 1.14 bits per heavy atom. The lowest BCUT2D eigenvalue weighted by Gasteiger charge is -2.31. The molecule has 0 N–H and O–H groups in total. The van der Waals surface area contributed by atoms with Gasteiger partial charge in [-0.3, -0.25) is 0 Å². The van der Waals surface area contributed by atoms with Crippen LogP contribution >= 0.6 is 0 Å². The van der Waals surface area contributed by atoms with E-state index in [-0.39, 0.29) is 5.92 Å². The molecule has 0 saturated heterocycles. The minimum absolute atomic E-state index is 0.198. The number of rotatable bonds is 4. The first-order valence-electron chi connectivity index (χ1n) is 7.38. The average molecular weight is 336 g/mol. The Morgan fingerprint density at radius 2 is 1.77 bits per heavy atom. The highest BCUT2D eigenvalue weighted by Crippen LogP contribution is 2.41. The van der Waals surface area contributed by atoms with Gasteiger partial charge in [-0.25, -0.2) is 4.39 Å². The average Bonchev–Trinajstić information content (AvgIpc) is 2.47. The molecule has 2 rings (SSSR count). The van der Waals surface area contributed by atoms with Crippen molar-refractivity contribution in [2.45, 2.75) is 50.1 Å². The van der Waals surface area contributed by atoms with Crippen molar-refractivity contribution in [1.29, 1.82) is 0 Å². The number of halogens is 4. The summed E-state index contributed by atoms with van der Waals surface area (Å²) in [6.45, 7) is 2.17. The van der Waals surface area contributed by atoms with Gasteiger partial charge < -0.3 is 9.16 Å². The maximum absolute atomic E-state index is 13.8. The molecule has 2 nitrogen and oxygen atoms in total. The van der Waals surface area contributed by atoms with Crippen LogP contribution in [0.4, 0.5) is 17.6 Å². The lowest BCUT2D eigenvalue weighted by Crippen LogP contribution is -2.23. The van der Waals surface area contributed by atoms with Gasteiger partial charge in [0.1, 0.15) is 0 Å². The predicted octanol–water partition coefficient (Wildman–Crippen LogP) is 4.75. The fraction of sp³-hybridized carbons (Fsp3) is 0.600. The van der Waals surface area contributed by atoms with Crippen molar-refractivity contribution < 1.29 is 26.7 Å². The molecule has 0 heterocycles. The Kier molecular flexibility index (Phi) is 5.49. The maximum atomic E-state index is 13.8. The van der Waals surface area contributed by atoms with Crippen molar-refractivity contribution in [3.63, 3.8) is 0 Å². The molecule has 22 heavy (non-hydrogen) atoms. The summed E-state index contributed by atoms with van der Waals surface area (Å²) >= 11 is 0. The van der Waals surface area contributed by atoms with Crippen LogP contribution in [0.2, 0.25) is 12.1 Å². The Bertz CT molecular complexity index is 499. The second-order valence-electron chi connectivity index (χ2n) is 5.79. The third-order valence-corrected chi connectivity index (χ3v) is 7.20. The predicted molar refractivity (Wildman–Crippen MR) is 78.1 cm³/mol. The highest BCUT2D eigenvalue weighted by Gasteiger charge is 2.33. The lowest BCUT2D eigenvalue weighted by atomic mass is 9.84. The van der Waals surface area contributed by atoms with Gasteiger partial charge in [0, 0.05) is 7.11 Å². The summed E-state index contributed by atoms with van der Waals surface area (Å²) in [5.74, 6) is -1.54. The molecule has 1 atom stereocenters. The molecule has 1 aromatic carbocycles. The van der Waals surface area contributed by atoms with Gasteiger partial charge in [-0.05, 0) is 48.5 Å². The van der Waals surface area contributed by atoms with E-state index >= 15 is 0 Å². The molecule has 7 heteroatoms. The number of hydrogen-bond acceptors (Lipinski definition) is 2. The molecule has 1 aliphatic carbocycles. The van der Waals surface area contributed by atoms with Crippen LogP contribution < -0.4 is 4.74 Å². The number of ether oxygens (including phenoxy) is 1. The highest BCUT2D eigenvalue weighted by molar-refractivity contribution is 6.52. The van der Waals surface area contributed by atoms with Crippen LogP contribution in [0.15, 0.2) is 18.2 Å². The molecule has 0 radical (unpaired) electrons. The summed E-state index contributed by atoms with van der Waals surface area (Å²) < 4.78 is 59.3. The van der Waals surface area contributed by atoms with Gasteiger partial charge in [-0.2, -0.15) is 0 Å². The highest BCUT2D eigenvalue weighted by atomic mass is 28.3. The Balaban J connectivity index is 2.01. The molecule has 0 bridgehead atoms. The van der Waals surface area contributed by atoms with Crippen LogP contribution in [-0.4, -0.2) is 22.5 Å². The molecule has 1 saturated carbocycles. The molecule has 0 aromatic heterocycles. The summed E-state index contributed by atoms with van der Waals surface area (Å²) in [7, 11) is 0.602. The Labute approximate surface area is 129 Å². The normalized spacial score (nSPS) is 24.1. The van der Waals surface area contributed by atoms with E-state index in [2.05, 4.69) is 11.3 Å². The topological polar surface area (TPSA) is 18.5 Å². The van der Waals surface area contributed by atoms with Gasteiger partial charge in [-0.1, -0.05) is 18.9 Å². The summed E-state index contributed by atoms with van der Waals surface area (Å²) in [6.07, 6.45) is -0.960. The zero-order chi connectivity index (χ0) is 16.3. The summed E-state index contributed by atoms with van der Waals surface area (Å²) in [5.41, 5.74) is 1.37. The molecule has 0 amide bonds. The lowest BCUT2D eigenvalue weighted by molar-refractivity contribution is -0.275. The SMILES string of the molecule is CO[SiH](C)C1CCC(c2ccc(OC(F)(F)F)c(F)c2)CC1. The molecule has 1 aromatic rings. The van der Waals surface area contributed by atoms with Crippen LogP contribution in [0.5, 0.6) is 5.75 Å². The van der Waals surface area contributed by atoms with E-state index in [1.165, 1.54) is 12.1 Å². The molecule has 1 fully saturated rings. The first kappa shape index (κ1) is 17.3. The van der Waals surface area contributed by atoms with Crippen molar-refractivity contribution in [1.82, 2.24) is 0 Å². The van der Waals surface area contributed by atoms with Gasteiger partial charge >= 0.3 is 6.36 Å². The van der Waals surface area contributed by atoms with Crippen LogP contribution in [0, 0.1) is 5.82 Å². The van der Waals surface area contributed by atoms with Crippen molar-refractivity contribution >= 4 is 9.04 Å². The third kappa shape index (κ3) is 4.46. The first-order valence-corrected chi connectivity index (χ1v) is 9.67. The zero-order valence-corrected chi connectivity index (χ0v) is 13.8. The van der Waals surface area contributed by atoms with Crippen molar-refractivity contribution in [2.75, 3.05) is 7.11 Å². The van der Waals surface area contributed by atoms with Gasteiger partial charge in [0.15, 0.2) is 20.6 Å². The zero-order valence-electron chi connectivity index (χ0n) is 12.6. The van der Waals surface area contributed by atoms with E-state index in [4.69, 9.17) is 4.43 Å². The number of benzene rings is 1. The van der Waals surface area contributed by atoms with Crippen molar-refractivity contribution in [2.24, 2.45) is 0 Å². The van der Waals surface area contributed by atoms with Crippen LogP contribution in [-0.2, 0) is 4.43 Å². The van der Waals surface area contributed by atoms with E-state index in [9.17, 15) is 17.6 Å². The summed E-state index contributed by atoms with van der Waals surface area (Å²) in [4.78, 5) is 0. The van der Waals surface area contributed by atoms with Crippen LogP contribution in [0.25, 0.3) is 0 Å². The number of alkyl halides is 3. The Hall–Kier alpha value is -1.08. The Morgan fingerprint density at radius 3 is 2.27 bits per heavy atom. The van der Waals surface area contributed by atoms with Crippen molar-refractivity contribution in [3.05, 3.63) is 29.6 Å². The van der Waals surface area contributed by atoms with E-state index in [1.807, 2.05) is 0 Å². The molecule has 1 aliphatic rings. The molecule has 0 aliphatic heterocycles. The first-order chi connectivity index (χ1) is 10.3. The van der Waals surface area contributed by atoms with Crippen molar-refractivity contribution in [3.8, 4) is 5.75 Å². The summed E-state index contributed by atoms with van der Waals surface area (Å²) in [5, 5.41) is 0. The quantitative estimate of drug-likeness (QED) is 0.583. The minimum Gasteiger partial charge on any atom is -0.423 e. The van der Waals surface area contributed by atoms with Gasteiger partial charge in [0.05, 0.1) is 0 Å². The van der Waals surface area contributed by atoms with Gasteiger partial charge in [-0.15, -0.1) is 13.2 Å². The van der Waals surface area contributed by atoms with Crippen LogP contribution in [0.3, 0.4) is 0 Å². The third-order valence-electron chi connectivity index (χ3n) is 4.46. The monoisotopic (exact) mass is 336 g/mol. The van der Waals surface area contributed by atoms with E-state index in [0.717, 1.165) is 37.3 Å². The minimum atomic E-state index is -4.87. The van der Waals surface area contributed by atoms with E-state index < -0.39 is 27.0 Å². The molecule has 124 valence electrons. The van der Waals surface area contributed by atoms with Gasteiger partial charge in [0.25, 0.3) is 0 Å². The summed E-state index contributed by atoms with van der Waals surface area (Å²) in [6, 6.07) is 3.77. The fourth-order valence-corrected chi connectivity index (χ4v) is 4.80. The van der Waals surface area contributed by atoms with E-state index in [0.29, 0.717) is 5.54 Å². The smallest absolute Gasteiger partial charge is 0.423 e. The van der Waals surface area contributed by atoms with Crippen LogP contribution in [0.1, 0.15) is 37.2 Å². The second-order valence-corrected chi connectivity index (χ2v) is 8.61. The molecule has 1 unspecified atom stereocenters. The standard InChI is InChI=1S/C15H20F4O2Si/c1-20-22(2)12-6-3-10(4-7-12)11-5-8-14(13(16)9-11)21-15(17,18)19/h5,8-10,12,22H,3-4,6-7H2,1-2H3. The molecular weight excluding hydrogens is 316 g/mol. The van der Waals surface area contributed by atoms with Gasteiger partial charge in [0.2, 0.25) is 0 Å². The molecule has 0 spiro atoms. The van der Waals surface area contributed by atoms with E-state index in [1.54, 1.807) is 7.11 Å². The maximum Gasteiger partial charge on any atom is 0.573 e.